The first-order valence-electron chi connectivity index (χ1n) is 4.71. The lowest BCUT2D eigenvalue weighted by molar-refractivity contribution is 0.214. The average molecular weight is 241 g/mol. The summed E-state index contributed by atoms with van der Waals surface area (Å²) < 4.78 is 14.8. The molecular weight excluding hydrogens is 231 g/mol. The van der Waals surface area contributed by atoms with Gasteiger partial charge in [-0.15, -0.1) is 0 Å². The van der Waals surface area contributed by atoms with E-state index in [2.05, 4.69) is 5.10 Å². The Balaban J connectivity index is 2.41. The largest absolute Gasteiger partial charge is 0.382 e. The summed E-state index contributed by atoms with van der Waals surface area (Å²) in [6.07, 6.45) is 0.690. The third-order valence-electron chi connectivity index (χ3n) is 2.29. The normalized spacial score (nSPS) is 12.8. The third kappa shape index (κ3) is 1.94. The highest BCUT2D eigenvalue weighted by Crippen LogP contribution is 2.28. The maximum atomic E-state index is 13.2. The second-order valence-corrected chi connectivity index (χ2v) is 3.84. The van der Waals surface area contributed by atoms with Crippen LogP contribution in [-0.2, 0) is 7.05 Å². The monoisotopic (exact) mass is 240 g/mol. The van der Waals surface area contributed by atoms with Crippen LogP contribution in [0, 0.1) is 5.82 Å². The first-order valence-corrected chi connectivity index (χ1v) is 5.09. The van der Waals surface area contributed by atoms with E-state index < -0.39 is 11.9 Å². The van der Waals surface area contributed by atoms with E-state index in [9.17, 15) is 9.50 Å². The Bertz CT molecular complexity index is 512. The van der Waals surface area contributed by atoms with Gasteiger partial charge in [-0.2, -0.15) is 5.10 Å². The number of nitrogens with zero attached hydrogens (tertiary/aromatic N) is 2. The van der Waals surface area contributed by atoms with Gasteiger partial charge in [-0.1, -0.05) is 23.7 Å². The van der Waals surface area contributed by atoms with Gasteiger partial charge in [0.1, 0.15) is 11.9 Å². The lowest BCUT2D eigenvalue weighted by Gasteiger charge is -2.10. The quantitative estimate of drug-likeness (QED) is 0.875. The Kier molecular flexibility index (Phi) is 2.94. The zero-order valence-corrected chi connectivity index (χ0v) is 9.32. The molecule has 5 heteroatoms. The highest BCUT2D eigenvalue weighted by Gasteiger charge is 2.18. The van der Waals surface area contributed by atoms with Gasteiger partial charge in [-0.25, -0.2) is 4.39 Å². The standard InChI is InChI=1S/C11H10ClFN2O/c1-15-6-5-9(14-15)11(16)7-3-2-4-8(13)10(7)12/h2-6,11,16H,1H3. The van der Waals surface area contributed by atoms with Gasteiger partial charge in [0, 0.05) is 18.8 Å². The van der Waals surface area contributed by atoms with E-state index >= 15 is 0 Å². The van der Waals surface area contributed by atoms with Crippen LogP contribution in [0.4, 0.5) is 4.39 Å². The number of hydrogen-bond acceptors (Lipinski definition) is 2. The van der Waals surface area contributed by atoms with Crippen LogP contribution in [0.2, 0.25) is 5.02 Å². The van der Waals surface area contributed by atoms with Gasteiger partial charge in [-0.3, -0.25) is 4.68 Å². The van der Waals surface area contributed by atoms with E-state index in [4.69, 9.17) is 11.6 Å². The van der Waals surface area contributed by atoms with Crippen molar-refractivity contribution in [1.29, 1.82) is 0 Å². The molecule has 0 aliphatic carbocycles. The summed E-state index contributed by atoms with van der Waals surface area (Å²) in [5, 5.41) is 14.0. The maximum absolute atomic E-state index is 13.2. The first kappa shape index (κ1) is 11.1. The summed E-state index contributed by atoms with van der Waals surface area (Å²) in [5.41, 5.74) is 0.760. The Labute approximate surface area is 97.1 Å². The van der Waals surface area contributed by atoms with E-state index in [0.29, 0.717) is 11.3 Å². The fourth-order valence-electron chi connectivity index (χ4n) is 1.47. The molecule has 0 saturated heterocycles. The van der Waals surface area contributed by atoms with Crippen molar-refractivity contribution in [3.63, 3.8) is 0 Å². The molecule has 3 nitrogen and oxygen atoms in total. The van der Waals surface area contributed by atoms with Crippen LogP contribution in [0.5, 0.6) is 0 Å². The lowest BCUT2D eigenvalue weighted by atomic mass is 10.1. The van der Waals surface area contributed by atoms with Crippen molar-refractivity contribution in [3.05, 3.63) is 52.6 Å². The van der Waals surface area contributed by atoms with Crippen molar-refractivity contribution in [2.24, 2.45) is 7.05 Å². The molecule has 2 aromatic rings. The summed E-state index contributed by atoms with van der Waals surface area (Å²) in [4.78, 5) is 0. The van der Waals surface area contributed by atoms with E-state index in [0.717, 1.165) is 0 Å². The molecular formula is C11H10ClFN2O. The average Bonchev–Trinajstić information content (AvgIpc) is 2.68. The van der Waals surface area contributed by atoms with E-state index in [1.54, 1.807) is 30.1 Å². The molecule has 1 atom stereocenters. The molecule has 0 aliphatic rings. The van der Waals surface area contributed by atoms with Gasteiger partial charge in [-0.05, 0) is 12.1 Å². The van der Waals surface area contributed by atoms with Crippen molar-refractivity contribution in [3.8, 4) is 0 Å². The summed E-state index contributed by atoms with van der Waals surface area (Å²) in [6.45, 7) is 0. The molecule has 1 aromatic carbocycles. The Morgan fingerprint density at radius 3 is 2.81 bits per heavy atom. The van der Waals surface area contributed by atoms with Crippen LogP contribution in [-0.4, -0.2) is 14.9 Å². The number of hydrogen-bond donors (Lipinski definition) is 1. The SMILES string of the molecule is Cn1ccc(C(O)c2cccc(F)c2Cl)n1. The molecule has 16 heavy (non-hydrogen) atoms. The fourth-order valence-corrected chi connectivity index (χ4v) is 1.70. The summed E-state index contributed by atoms with van der Waals surface area (Å²) in [6, 6.07) is 5.98. The zero-order chi connectivity index (χ0) is 11.7. The molecule has 0 spiro atoms. The molecule has 1 heterocycles. The molecule has 2 rings (SSSR count). The minimum atomic E-state index is -1.01. The van der Waals surface area contributed by atoms with Crippen LogP contribution in [0.25, 0.3) is 0 Å². The van der Waals surface area contributed by atoms with Crippen LogP contribution < -0.4 is 0 Å². The smallest absolute Gasteiger partial charge is 0.142 e. The minimum Gasteiger partial charge on any atom is -0.382 e. The number of benzene rings is 1. The molecule has 1 unspecified atom stereocenters. The summed E-state index contributed by atoms with van der Waals surface area (Å²) >= 11 is 5.78. The van der Waals surface area contributed by atoms with Crippen molar-refractivity contribution in [2.45, 2.75) is 6.10 Å². The van der Waals surface area contributed by atoms with E-state index in [-0.39, 0.29) is 5.02 Å². The highest BCUT2D eigenvalue weighted by molar-refractivity contribution is 6.31. The van der Waals surface area contributed by atoms with Gasteiger partial charge >= 0.3 is 0 Å². The molecule has 0 aliphatic heterocycles. The molecule has 84 valence electrons. The second-order valence-electron chi connectivity index (χ2n) is 3.46. The molecule has 1 N–H and O–H groups in total. The van der Waals surface area contributed by atoms with Crippen LogP contribution in [0.15, 0.2) is 30.5 Å². The number of aliphatic hydroxyl groups excluding tert-OH is 1. The molecule has 1 aromatic heterocycles. The van der Waals surface area contributed by atoms with E-state index in [1.807, 2.05) is 0 Å². The number of aryl methyl sites for hydroxylation is 1. The van der Waals surface area contributed by atoms with Crippen molar-refractivity contribution in [1.82, 2.24) is 9.78 Å². The van der Waals surface area contributed by atoms with Crippen LogP contribution >= 0.6 is 11.6 Å². The zero-order valence-electron chi connectivity index (χ0n) is 8.56. The molecule has 0 radical (unpaired) electrons. The predicted octanol–water partition coefficient (Wildman–Crippen LogP) is 2.29. The molecule has 0 amide bonds. The fraction of sp³-hybridized carbons (Fsp3) is 0.182. The number of aliphatic hydroxyl groups is 1. The van der Waals surface area contributed by atoms with Gasteiger partial charge < -0.3 is 5.11 Å². The Hall–Kier alpha value is -1.39. The first-order chi connectivity index (χ1) is 7.59. The van der Waals surface area contributed by atoms with Gasteiger partial charge in [0.25, 0.3) is 0 Å². The number of aromatic nitrogens is 2. The van der Waals surface area contributed by atoms with Crippen LogP contribution in [0.3, 0.4) is 0 Å². The summed E-state index contributed by atoms with van der Waals surface area (Å²) in [5.74, 6) is -0.547. The van der Waals surface area contributed by atoms with Gasteiger partial charge in [0.2, 0.25) is 0 Å². The van der Waals surface area contributed by atoms with Crippen molar-refractivity contribution < 1.29 is 9.50 Å². The molecule has 0 fully saturated rings. The van der Waals surface area contributed by atoms with E-state index in [1.165, 1.54) is 12.1 Å². The number of halogens is 2. The molecule has 0 bridgehead atoms. The lowest BCUT2D eigenvalue weighted by Crippen LogP contribution is -2.03. The Morgan fingerprint density at radius 2 is 2.19 bits per heavy atom. The Morgan fingerprint density at radius 1 is 1.44 bits per heavy atom. The predicted molar refractivity (Wildman–Crippen MR) is 58.7 cm³/mol. The third-order valence-corrected chi connectivity index (χ3v) is 2.69. The van der Waals surface area contributed by atoms with Crippen LogP contribution in [0.1, 0.15) is 17.4 Å². The number of rotatable bonds is 2. The maximum Gasteiger partial charge on any atom is 0.142 e. The van der Waals surface area contributed by atoms with Gasteiger partial charge in [0.15, 0.2) is 0 Å². The summed E-state index contributed by atoms with van der Waals surface area (Å²) in [7, 11) is 1.74. The van der Waals surface area contributed by atoms with Crippen molar-refractivity contribution >= 4 is 11.6 Å². The van der Waals surface area contributed by atoms with Gasteiger partial charge in [0.05, 0.1) is 10.7 Å². The minimum absolute atomic E-state index is 0.0688. The second kappa shape index (κ2) is 4.23. The highest BCUT2D eigenvalue weighted by atomic mass is 35.5. The van der Waals surface area contributed by atoms with Crippen molar-refractivity contribution in [2.75, 3.05) is 0 Å². The topological polar surface area (TPSA) is 38.0 Å². The molecule has 0 saturated carbocycles.